The number of rotatable bonds is 6. The van der Waals surface area contributed by atoms with Gasteiger partial charge in [0.25, 0.3) is 0 Å². The molecule has 1 aromatic carbocycles. The van der Waals surface area contributed by atoms with E-state index in [1.165, 1.54) is 18.2 Å². The second-order valence-electron chi connectivity index (χ2n) is 11.8. The fourth-order valence-corrected chi connectivity index (χ4v) is 7.63. The van der Waals surface area contributed by atoms with Crippen LogP contribution in [-0.2, 0) is 14.9 Å². The number of halogens is 2. The zero-order valence-corrected chi connectivity index (χ0v) is 23.5. The van der Waals surface area contributed by atoms with Crippen molar-refractivity contribution in [2.24, 2.45) is 5.41 Å². The third-order valence-electron chi connectivity index (χ3n) is 9.18. The van der Waals surface area contributed by atoms with Crippen LogP contribution in [-0.4, -0.2) is 79.9 Å². The summed E-state index contributed by atoms with van der Waals surface area (Å²) in [6.45, 7) is 8.55. The van der Waals surface area contributed by atoms with Gasteiger partial charge in [-0.2, -0.15) is 5.10 Å². The number of aromatic nitrogens is 4. The molecular formula is C29H34F2N6OS. The molecule has 0 N–H and O–H groups in total. The molecule has 7 nitrogen and oxygen atoms in total. The fourth-order valence-electron chi connectivity index (χ4n) is 6.99. The van der Waals surface area contributed by atoms with Gasteiger partial charge < -0.3 is 4.90 Å². The lowest BCUT2D eigenvalue weighted by molar-refractivity contribution is 0.242. The number of anilines is 1. The lowest BCUT2D eigenvalue weighted by Crippen LogP contribution is -2.48. The predicted octanol–water partition coefficient (Wildman–Crippen LogP) is 3.88. The second-order valence-corrected chi connectivity index (χ2v) is 14.6. The van der Waals surface area contributed by atoms with Crippen molar-refractivity contribution in [2.75, 3.05) is 49.6 Å². The Bertz CT molecular complexity index is 1520. The first kappa shape index (κ1) is 26.3. The van der Waals surface area contributed by atoms with E-state index >= 15 is 0 Å². The molecule has 3 aliphatic rings. The smallest absolute Gasteiger partial charge is 0.225 e. The monoisotopic (exact) mass is 552 g/mol. The molecule has 1 saturated heterocycles. The Hall–Kier alpha value is -2.98. The Labute approximate surface area is 228 Å². The molecule has 3 heterocycles. The first-order valence-electron chi connectivity index (χ1n) is 13.4. The van der Waals surface area contributed by atoms with Crippen LogP contribution in [0.2, 0.25) is 0 Å². The van der Waals surface area contributed by atoms with E-state index in [-0.39, 0.29) is 22.6 Å². The molecule has 0 radical (unpaired) electrons. The standard InChI is InChI=1S/C29H34F2N6OS/c1-28(2)20-8-10-29(28,26-19(20)18-23(34-35-26)25-21(30)6-5-7-22(25)31)24-9-11-32-27(33-24)37-14-12-36(13-15-37)16-17-39(3,4)38/h5-7,9,11,18,20H,3,8,10,12-17H2,1-2,4H3/t20-,29-,39?/m0/s1. The number of fused-ring (bicyclic) bond motifs is 5. The molecule has 6 rings (SSSR count). The largest absolute Gasteiger partial charge is 0.338 e. The van der Waals surface area contributed by atoms with Crippen molar-refractivity contribution in [3.05, 3.63) is 65.1 Å². The summed E-state index contributed by atoms with van der Waals surface area (Å²) < 4.78 is 41.1. The molecular weight excluding hydrogens is 518 g/mol. The van der Waals surface area contributed by atoms with E-state index in [1.54, 1.807) is 6.26 Å². The van der Waals surface area contributed by atoms with Gasteiger partial charge >= 0.3 is 0 Å². The van der Waals surface area contributed by atoms with Crippen molar-refractivity contribution in [1.29, 1.82) is 0 Å². The summed E-state index contributed by atoms with van der Waals surface area (Å²) in [5.41, 5.74) is 2.21. The van der Waals surface area contributed by atoms with Gasteiger partial charge in [-0.05, 0) is 69.4 Å². The SMILES string of the molecule is C=S(C)(=O)CCN1CCN(c2nccc([C@@]34CC[C@@H](c5cc(-c6c(F)cccc6F)nnc53)C4(C)C)n2)CC1. The van der Waals surface area contributed by atoms with Crippen LogP contribution < -0.4 is 4.90 Å². The summed E-state index contributed by atoms with van der Waals surface area (Å²) in [5.74, 6) is 3.96. The third kappa shape index (κ3) is 4.23. The number of benzene rings is 1. The zero-order valence-electron chi connectivity index (χ0n) is 22.7. The van der Waals surface area contributed by atoms with E-state index in [9.17, 15) is 13.0 Å². The van der Waals surface area contributed by atoms with Crippen LogP contribution in [0.4, 0.5) is 14.7 Å². The van der Waals surface area contributed by atoms with Crippen LogP contribution in [0.1, 0.15) is 49.6 Å². The van der Waals surface area contributed by atoms with Crippen molar-refractivity contribution in [2.45, 2.75) is 38.0 Å². The Morgan fingerprint density at radius 3 is 2.51 bits per heavy atom. The van der Waals surface area contributed by atoms with Crippen molar-refractivity contribution >= 4 is 21.3 Å². The Kier molecular flexibility index (Phi) is 6.26. The van der Waals surface area contributed by atoms with Crippen LogP contribution in [0.5, 0.6) is 0 Å². The topological polar surface area (TPSA) is 75.1 Å². The molecule has 2 fully saturated rings. The summed E-state index contributed by atoms with van der Waals surface area (Å²) in [5, 5.41) is 8.98. The number of hydrogen-bond donors (Lipinski definition) is 0. The average molecular weight is 553 g/mol. The minimum atomic E-state index is -2.00. The minimum absolute atomic E-state index is 0.137. The quantitative estimate of drug-likeness (QED) is 0.430. The molecule has 3 aromatic rings. The van der Waals surface area contributed by atoms with Gasteiger partial charge in [-0.3, -0.25) is 9.11 Å². The summed E-state index contributed by atoms with van der Waals surface area (Å²) in [6, 6.07) is 7.66. The van der Waals surface area contributed by atoms with Gasteiger partial charge in [0.15, 0.2) is 0 Å². The normalized spacial score (nSPS) is 25.5. The maximum atomic E-state index is 14.6. The average Bonchev–Trinajstić information content (AvgIpc) is 3.28. The predicted molar refractivity (Wildman–Crippen MR) is 151 cm³/mol. The van der Waals surface area contributed by atoms with Crippen molar-refractivity contribution in [3.63, 3.8) is 0 Å². The Morgan fingerprint density at radius 2 is 1.82 bits per heavy atom. The van der Waals surface area contributed by atoms with Crippen LogP contribution in [0.15, 0.2) is 36.5 Å². The van der Waals surface area contributed by atoms with Crippen molar-refractivity contribution in [1.82, 2.24) is 25.1 Å². The van der Waals surface area contributed by atoms with E-state index in [2.05, 4.69) is 44.7 Å². The highest BCUT2D eigenvalue weighted by Gasteiger charge is 2.65. The third-order valence-corrected chi connectivity index (χ3v) is 10.2. The van der Waals surface area contributed by atoms with E-state index in [1.807, 2.05) is 18.3 Å². The highest BCUT2D eigenvalue weighted by Crippen LogP contribution is 2.69. The van der Waals surface area contributed by atoms with E-state index in [0.717, 1.165) is 62.5 Å². The minimum Gasteiger partial charge on any atom is -0.338 e. The molecule has 3 atom stereocenters. The Morgan fingerprint density at radius 1 is 1.10 bits per heavy atom. The summed E-state index contributed by atoms with van der Waals surface area (Å²) >= 11 is 0. The molecule has 39 heavy (non-hydrogen) atoms. The van der Waals surface area contributed by atoms with Crippen LogP contribution in [0.3, 0.4) is 0 Å². The lowest BCUT2D eigenvalue weighted by atomic mass is 9.66. The van der Waals surface area contributed by atoms with Crippen LogP contribution >= 0.6 is 0 Å². The van der Waals surface area contributed by atoms with Crippen LogP contribution in [0.25, 0.3) is 11.3 Å². The summed E-state index contributed by atoms with van der Waals surface area (Å²) in [4.78, 5) is 14.3. The molecule has 206 valence electrons. The first-order valence-corrected chi connectivity index (χ1v) is 15.7. The van der Waals surface area contributed by atoms with Crippen molar-refractivity contribution < 1.29 is 13.0 Å². The second kappa shape index (κ2) is 9.30. The van der Waals surface area contributed by atoms with E-state index < -0.39 is 26.6 Å². The number of hydrogen-bond acceptors (Lipinski definition) is 7. The fraction of sp³-hybridized carbons (Fsp3) is 0.483. The maximum Gasteiger partial charge on any atom is 0.225 e. The molecule has 1 aliphatic heterocycles. The van der Waals surface area contributed by atoms with Gasteiger partial charge in [-0.25, -0.2) is 18.7 Å². The molecule has 1 saturated carbocycles. The zero-order chi connectivity index (χ0) is 27.6. The lowest BCUT2D eigenvalue weighted by Gasteiger charge is -2.38. The Balaban J connectivity index is 1.32. The van der Waals surface area contributed by atoms with E-state index in [4.69, 9.17) is 4.98 Å². The highest BCUT2D eigenvalue weighted by molar-refractivity contribution is 7.99. The van der Waals surface area contributed by atoms with Gasteiger partial charge in [0, 0.05) is 50.9 Å². The summed E-state index contributed by atoms with van der Waals surface area (Å²) in [6.07, 6.45) is 5.36. The molecule has 1 unspecified atom stereocenters. The molecule has 2 aliphatic carbocycles. The molecule has 0 amide bonds. The van der Waals surface area contributed by atoms with Gasteiger partial charge in [-0.15, -0.1) is 5.10 Å². The van der Waals surface area contributed by atoms with E-state index in [0.29, 0.717) is 11.7 Å². The number of nitrogens with zero attached hydrogens (tertiary/aromatic N) is 6. The molecule has 0 spiro atoms. The van der Waals surface area contributed by atoms with Gasteiger partial charge in [0.2, 0.25) is 5.95 Å². The molecule has 2 bridgehead atoms. The summed E-state index contributed by atoms with van der Waals surface area (Å²) in [7, 11) is -2.00. The highest BCUT2D eigenvalue weighted by atomic mass is 32.2. The number of piperazine rings is 1. The molecule has 10 heteroatoms. The van der Waals surface area contributed by atoms with Gasteiger partial charge in [-0.1, -0.05) is 19.9 Å². The van der Waals surface area contributed by atoms with Gasteiger partial charge in [0.1, 0.15) is 11.6 Å². The maximum absolute atomic E-state index is 14.6. The molecule has 2 aromatic heterocycles. The van der Waals surface area contributed by atoms with Crippen molar-refractivity contribution in [3.8, 4) is 11.3 Å². The van der Waals surface area contributed by atoms with Crippen LogP contribution in [0, 0.1) is 17.0 Å². The van der Waals surface area contributed by atoms with Gasteiger partial charge in [0.05, 0.1) is 28.1 Å². The first-order chi connectivity index (χ1) is 18.5.